The summed E-state index contributed by atoms with van der Waals surface area (Å²) >= 11 is 1.48. The van der Waals surface area contributed by atoms with Crippen molar-refractivity contribution in [2.75, 3.05) is 18.6 Å². The van der Waals surface area contributed by atoms with E-state index in [1.807, 2.05) is 6.26 Å². The molecule has 1 heterocycles. The second-order valence-electron chi connectivity index (χ2n) is 7.30. The van der Waals surface area contributed by atoms with E-state index < -0.39 is 66.4 Å². The fourth-order valence-corrected chi connectivity index (χ4v) is 3.65. The number of amides is 3. The number of rotatable bonds is 12. The van der Waals surface area contributed by atoms with Crippen molar-refractivity contribution in [1.82, 2.24) is 15.5 Å². The van der Waals surface area contributed by atoms with Gasteiger partial charge in [-0.2, -0.15) is 11.8 Å². The van der Waals surface area contributed by atoms with Gasteiger partial charge in [0.25, 0.3) is 0 Å². The molecule has 1 fully saturated rings. The van der Waals surface area contributed by atoms with Crippen LogP contribution >= 0.6 is 11.8 Å². The van der Waals surface area contributed by atoms with Crippen molar-refractivity contribution in [1.29, 1.82) is 0 Å². The Labute approximate surface area is 183 Å². The number of thioether (sulfide) groups is 1. The van der Waals surface area contributed by atoms with Crippen LogP contribution in [0.5, 0.6) is 0 Å². The topological polar surface area (TPSA) is 199 Å². The molecule has 1 aliphatic rings. The zero-order valence-corrected chi connectivity index (χ0v) is 18.3. The minimum atomic E-state index is -1.56. The average molecular weight is 463 g/mol. The number of aliphatic hydroxyl groups excluding tert-OH is 1. The molecule has 3 amide bonds. The maximum absolute atomic E-state index is 12.8. The number of carboxylic acid groups (broad SMARTS) is 2. The Kier molecular flexibility index (Phi) is 10.7. The second kappa shape index (κ2) is 12.5. The lowest BCUT2D eigenvalue weighted by molar-refractivity contribution is -0.150. The van der Waals surface area contributed by atoms with Crippen molar-refractivity contribution < 1.29 is 39.3 Å². The second-order valence-corrected chi connectivity index (χ2v) is 8.29. The van der Waals surface area contributed by atoms with Crippen LogP contribution in [-0.4, -0.2) is 98.7 Å². The summed E-state index contributed by atoms with van der Waals surface area (Å²) in [5, 5.41) is 32.9. The molecule has 176 valence electrons. The van der Waals surface area contributed by atoms with Crippen LogP contribution in [0, 0.1) is 0 Å². The van der Waals surface area contributed by atoms with Crippen molar-refractivity contribution >= 4 is 41.4 Å². The zero-order chi connectivity index (χ0) is 23.7. The normalized spacial score (nSPS) is 19.7. The quantitative estimate of drug-likeness (QED) is 0.188. The van der Waals surface area contributed by atoms with Crippen molar-refractivity contribution in [3.63, 3.8) is 0 Å². The highest BCUT2D eigenvalue weighted by atomic mass is 32.2. The van der Waals surface area contributed by atoms with Gasteiger partial charge >= 0.3 is 11.9 Å². The Morgan fingerprint density at radius 2 is 1.81 bits per heavy atom. The van der Waals surface area contributed by atoms with Gasteiger partial charge in [-0.3, -0.25) is 19.2 Å². The molecular formula is C18H30N4O8S. The first-order valence-electron chi connectivity index (χ1n) is 9.78. The monoisotopic (exact) mass is 462 g/mol. The van der Waals surface area contributed by atoms with Crippen LogP contribution in [0.3, 0.4) is 0 Å². The Hall–Kier alpha value is -2.38. The van der Waals surface area contributed by atoms with E-state index in [1.165, 1.54) is 18.7 Å². The van der Waals surface area contributed by atoms with Crippen LogP contribution in [-0.2, 0) is 24.0 Å². The number of nitrogens with two attached hydrogens (primary N) is 1. The molecule has 0 aromatic carbocycles. The Morgan fingerprint density at radius 3 is 2.32 bits per heavy atom. The number of nitrogens with one attached hydrogen (secondary N) is 2. The lowest BCUT2D eigenvalue weighted by atomic mass is 10.1. The molecule has 1 saturated heterocycles. The highest BCUT2D eigenvalue weighted by molar-refractivity contribution is 7.98. The smallest absolute Gasteiger partial charge is 0.326 e. The summed E-state index contributed by atoms with van der Waals surface area (Å²) in [6.45, 7) is 1.36. The molecule has 12 nitrogen and oxygen atoms in total. The van der Waals surface area contributed by atoms with Crippen LogP contribution in [0.15, 0.2) is 0 Å². The number of hydrogen-bond acceptors (Lipinski definition) is 8. The Balaban J connectivity index is 2.94. The number of carbonyl (C=O) groups excluding carboxylic acids is 3. The number of nitrogens with zero attached hydrogens (tertiary/aromatic N) is 1. The summed E-state index contributed by atoms with van der Waals surface area (Å²) in [6.07, 6.45) is 0.668. The van der Waals surface area contributed by atoms with Crippen molar-refractivity contribution in [3.8, 4) is 0 Å². The summed E-state index contributed by atoms with van der Waals surface area (Å²) in [5.41, 5.74) is 5.76. The fourth-order valence-electron chi connectivity index (χ4n) is 3.17. The first-order valence-corrected chi connectivity index (χ1v) is 11.2. The van der Waals surface area contributed by atoms with Gasteiger partial charge in [0.1, 0.15) is 18.1 Å². The Bertz CT molecular complexity index is 689. The van der Waals surface area contributed by atoms with E-state index in [1.54, 1.807) is 0 Å². The molecule has 1 rings (SSSR count). The lowest BCUT2D eigenvalue weighted by Crippen LogP contribution is -2.60. The van der Waals surface area contributed by atoms with Gasteiger partial charge in [0.05, 0.1) is 18.6 Å². The van der Waals surface area contributed by atoms with E-state index in [0.29, 0.717) is 18.6 Å². The number of hydrogen-bond donors (Lipinski definition) is 6. The third-order valence-corrected chi connectivity index (χ3v) is 5.49. The molecule has 5 unspecified atom stereocenters. The zero-order valence-electron chi connectivity index (χ0n) is 17.4. The van der Waals surface area contributed by atoms with Crippen LogP contribution in [0.25, 0.3) is 0 Å². The number of aliphatic hydroxyl groups is 1. The van der Waals surface area contributed by atoms with Gasteiger partial charge in [0.2, 0.25) is 17.7 Å². The molecule has 0 aliphatic carbocycles. The highest BCUT2D eigenvalue weighted by Crippen LogP contribution is 2.19. The molecule has 0 radical (unpaired) electrons. The highest BCUT2D eigenvalue weighted by Gasteiger charge is 2.39. The molecule has 0 aromatic rings. The van der Waals surface area contributed by atoms with Gasteiger partial charge in [-0.25, -0.2) is 4.79 Å². The predicted molar refractivity (Wildman–Crippen MR) is 111 cm³/mol. The van der Waals surface area contributed by atoms with E-state index in [-0.39, 0.29) is 13.0 Å². The Morgan fingerprint density at radius 1 is 1.16 bits per heavy atom. The standard InChI is InChI=1S/C18H30N4O8S/c1-9(23)14(21-15(26)10(19)5-7-31-2)16(27)20-11(8-13(24)25)17(28)22-6-3-4-12(22)18(29)30/h9-12,14,23H,3-8,19H2,1-2H3,(H,20,27)(H,21,26)(H,24,25)(H,29,30). The van der Waals surface area contributed by atoms with E-state index in [4.69, 9.17) is 10.8 Å². The van der Waals surface area contributed by atoms with E-state index in [0.717, 1.165) is 4.90 Å². The molecule has 0 saturated carbocycles. The van der Waals surface area contributed by atoms with Gasteiger partial charge in [-0.15, -0.1) is 0 Å². The largest absolute Gasteiger partial charge is 0.481 e. The third kappa shape index (κ3) is 7.99. The molecular weight excluding hydrogens is 432 g/mol. The lowest BCUT2D eigenvalue weighted by Gasteiger charge is -2.29. The first kappa shape index (κ1) is 26.7. The summed E-state index contributed by atoms with van der Waals surface area (Å²) in [6, 6.07) is -5.07. The number of carbonyl (C=O) groups is 5. The number of likely N-dealkylation sites (tertiary alicyclic amines) is 1. The maximum atomic E-state index is 12.8. The average Bonchev–Trinajstić information content (AvgIpc) is 3.18. The molecule has 1 aliphatic heterocycles. The van der Waals surface area contributed by atoms with Gasteiger partial charge in [0, 0.05) is 6.54 Å². The molecule has 7 N–H and O–H groups in total. The summed E-state index contributed by atoms with van der Waals surface area (Å²) in [4.78, 5) is 61.3. The molecule has 5 atom stereocenters. The number of aliphatic carboxylic acids is 2. The maximum Gasteiger partial charge on any atom is 0.326 e. The summed E-state index contributed by atoms with van der Waals surface area (Å²) in [5.74, 6) is -4.52. The SMILES string of the molecule is CSCCC(N)C(=O)NC(C(=O)NC(CC(=O)O)C(=O)N1CCCC1C(=O)O)C(C)O. The fraction of sp³-hybridized carbons (Fsp3) is 0.722. The van der Waals surface area contributed by atoms with Crippen LogP contribution in [0.2, 0.25) is 0 Å². The van der Waals surface area contributed by atoms with Crippen molar-refractivity contribution in [2.24, 2.45) is 5.73 Å². The van der Waals surface area contributed by atoms with Gasteiger partial charge in [-0.05, 0) is 38.2 Å². The van der Waals surface area contributed by atoms with Crippen molar-refractivity contribution in [3.05, 3.63) is 0 Å². The molecule has 0 aromatic heterocycles. The van der Waals surface area contributed by atoms with E-state index in [9.17, 15) is 34.2 Å². The molecule has 0 spiro atoms. The number of carboxylic acids is 2. The summed E-state index contributed by atoms with van der Waals surface area (Å²) in [7, 11) is 0. The minimum Gasteiger partial charge on any atom is -0.481 e. The van der Waals surface area contributed by atoms with Gasteiger partial charge in [-0.1, -0.05) is 0 Å². The third-order valence-electron chi connectivity index (χ3n) is 4.85. The predicted octanol–water partition coefficient (Wildman–Crippen LogP) is -2.03. The van der Waals surface area contributed by atoms with Crippen LogP contribution in [0.4, 0.5) is 0 Å². The summed E-state index contributed by atoms with van der Waals surface area (Å²) < 4.78 is 0. The molecule has 0 bridgehead atoms. The first-order chi connectivity index (χ1) is 14.5. The minimum absolute atomic E-state index is 0.114. The van der Waals surface area contributed by atoms with E-state index >= 15 is 0 Å². The molecule has 31 heavy (non-hydrogen) atoms. The van der Waals surface area contributed by atoms with Gasteiger partial charge < -0.3 is 36.6 Å². The molecule has 13 heteroatoms. The van der Waals surface area contributed by atoms with Crippen molar-refractivity contribution in [2.45, 2.75) is 62.9 Å². The van der Waals surface area contributed by atoms with Gasteiger partial charge in [0.15, 0.2) is 0 Å². The van der Waals surface area contributed by atoms with Crippen LogP contribution in [0.1, 0.15) is 32.6 Å². The van der Waals surface area contributed by atoms with E-state index in [2.05, 4.69) is 10.6 Å². The van der Waals surface area contributed by atoms with Crippen LogP contribution < -0.4 is 16.4 Å².